The van der Waals surface area contributed by atoms with Crippen LogP contribution in [0.2, 0.25) is 5.02 Å². The van der Waals surface area contributed by atoms with Gasteiger partial charge in [-0.2, -0.15) is 4.98 Å². The second-order valence-corrected chi connectivity index (χ2v) is 5.82. The minimum Gasteiger partial charge on any atom is -0.477 e. The third kappa shape index (κ3) is 4.30. The summed E-state index contributed by atoms with van der Waals surface area (Å²) in [7, 11) is 0. The third-order valence-corrected chi connectivity index (χ3v) is 3.99. The number of hydrogen-bond acceptors (Lipinski definition) is 6. The SMILES string of the molecule is CCOc1cncc(N2CCN(Cc3ccc(Cl)cn3)CC2)n1. The highest BCUT2D eigenvalue weighted by Crippen LogP contribution is 2.17. The number of pyridine rings is 1. The summed E-state index contributed by atoms with van der Waals surface area (Å²) in [5, 5.41) is 0.673. The number of piperazine rings is 1. The van der Waals surface area contributed by atoms with Gasteiger partial charge in [-0.25, -0.2) is 0 Å². The Morgan fingerprint density at radius 1 is 1.13 bits per heavy atom. The van der Waals surface area contributed by atoms with Crippen molar-refractivity contribution in [2.75, 3.05) is 37.7 Å². The molecule has 122 valence electrons. The molecule has 3 heterocycles. The molecule has 1 fully saturated rings. The van der Waals surface area contributed by atoms with Gasteiger partial charge in [0.2, 0.25) is 5.88 Å². The summed E-state index contributed by atoms with van der Waals surface area (Å²) < 4.78 is 5.42. The normalized spacial score (nSPS) is 15.7. The predicted molar refractivity (Wildman–Crippen MR) is 89.9 cm³/mol. The van der Waals surface area contributed by atoms with Gasteiger partial charge in [0.1, 0.15) is 0 Å². The molecule has 0 radical (unpaired) electrons. The average Bonchev–Trinajstić information content (AvgIpc) is 2.58. The van der Waals surface area contributed by atoms with Gasteiger partial charge in [0.05, 0.1) is 29.7 Å². The molecule has 0 saturated carbocycles. The van der Waals surface area contributed by atoms with Crippen molar-refractivity contribution in [1.82, 2.24) is 19.9 Å². The lowest BCUT2D eigenvalue weighted by molar-refractivity contribution is 0.246. The Hall–Kier alpha value is -1.92. The first-order chi connectivity index (χ1) is 11.2. The summed E-state index contributed by atoms with van der Waals surface area (Å²) in [5.74, 6) is 1.46. The molecule has 1 aliphatic heterocycles. The van der Waals surface area contributed by atoms with Gasteiger partial charge in [0, 0.05) is 38.9 Å². The van der Waals surface area contributed by atoms with Crippen LogP contribution in [0.25, 0.3) is 0 Å². The van der Waals surface area contributed by atoms with E-state index in [4.69, 9.17) is 16.3 Å². The summed E-state index contributed by atoms with van der Waals surface area (Å²) in [6.07, 6.45) is 5.14. The Morgan fingerprint density at radius 2 is 1.96 bits per heavy atom. The number of rotatable bonds is 5. The molecule has 1 aliphatic rings. The first kappa shape index (κ1) is 16.0. The van der Waals surface area contributed by atoms with E-state index in [0.717, 1.165) is 44.2 Å². The fourth-order valence-electron chi connectivity index (χ4n) is 2.57. The summed E-state index contributed by atoms with van der Waals surface area (Å²) in [5.41, 5.74) is 1.04. The zero-order valence-electron chi connectivity index (χ0n) is 13.2. The van der Waals surface area contributed by atoms with Crippen LogP contribution in [0, 0.1) is 0 Å². The number of nitrogens with zero attached hydrogens (tertiary/aromatic N) is 5. The van der Waals surface area contributed by atoms with Crippen molar-refractivity contribution in [3.05, 3.63) is 41.4 Å². The van der Waals surface area contributed by atoms with Crippen LogP contribution in [0.15, 0.2) is 30.7 Å². The Labute approximate surface area is 141 Å². The van der Waals surface area contributed by atoms with Crippen molar-refractivity contribution in [1.29, 1.82) is 0 Å². The molecule has 23 heavy (non-hydrogen) atoms. The number of halogens is 1. The van der Waals surface area contributed by atoms with Gasteiger partial charge in [0.15, 0.2) is 5.82 Å². The smallest absolute Gasteiger partial charge is 0.234 e. The third-order valence-electron chi connectivity index (χ3n) is 3.76. The van der Waals surface area contributed by atoms with Crippen molar-refractivity contribution in [3.63, 3.8) is 0 Å². The molecule has 0 atom stereocenters. The molecule has 0 amide bonds. The largest absolute Gasteiger partial charge is 0.477 e. The number of anilines is 1. The zero-order valence-corrected chi connectivity index (χ0v) is 13.9. The van der Waals surface area contributed by atoms with E-state index < -0.39 is 0 Å². The van der Waals surface area contributed by atoms with Crippen molar-refractivity contribution >= 4 is 17.4 Å². The van der Waals surface area contributed by atoms with E-state index in [1.807, 2.05) is 19.1 Å². The second-order valence-electron chi connectivity index (χ2n) is 5.38. The van der Waals surface area contributed by atoms with Crippen LogP contribution in [-0.4, -0.2) is 52.6 Å². The van der Waals surface area contributed by atoms with Gasteiger partial charge < -0.3 is 9.64 Å². The topological polar surface area (TPSA) is 54.4 Å². The second kappa shape index (κ2) is 7.57. The van der Waals surface area contributed by atoms with Crippen LogP contribution in [0.4, 0.5) is 5.82 Å². The van der Waals surface area contributed by atoms with E-state index >= 15 is 0 Å². The Balaban J connectivity index is 1.55. The van der Waals surface area contributed by atoms with Gasteiger partial charge in [-0.3, -0.25) is 14.9 Å². The highest BCUT2D eigenvalue weighted by molar-refractivity contribution is 6.30. The van der Waals surface area contributed by atoms with Crippen molar-refractivity contribution in [3.8, 4) is 5.88 Å². The highest BCUT2D eigenvalue weighted by Gasteiger charge is 2.19. The van der Waals surface area contributed by atoms with Crippen LogP contribution >= 0.6 is 11.6 Å². The first-order valence-corrected chi connectivity index (χ1v) is 8.15. The lowest BCUT2D eigenvalue weighted by atomic mass is 10.2. The average molecular weight is 334 g/mol. The van der Waals surface area contributed by atoms with E-state index in [1.165, 1.54) is 0 Å². The van der Waals surface area contributed by atoms with Crippen molar-refractivity contribution in [2.24, 2.45) is 0 Å². The number of hydrogen-bond donors (Lipinski definition) is 0. The van der Waals surface area contributed by atoms with Crippen molar-refractivity contribution in [2.45, 2.75) is 13.5 Å². The fraction of sp³-hybridized carbons (Fsp3) is 0.438. The van der Waals surface area contributed by atoms with E-state index in [0.29, 0.717) is 17.5 Å². The van der Waals surface area contributed by atoms with Crippen LogP contribution in [0.1, 0.15) is 12.6 Å². The fourth-order valence-corrected chi connectivity index (χ4v) is 2.68. The molecule has 0 spiro atoms. The Kier molecular flexibility index (Phi) is 5.25. The molecule has 1 saturated heterocycles. The molecule has 2 aromatic heterocycles. The van der Waals surface area contributed by atoms with Gasteiger partial charge >= 0.3 is 0 Å². The Bertz CT molecular complexity index is 629. The monoisotopic (exact) mass is 333 g/mol. The van der Waals surface area contributed by atoms with Crippen LogP contribution < -0.4 is 9.64 Å². The number of aromatic nitrogens is 3. The molecule has 6 nitrogen and oxygen atoms in total. The highest BCUT2D eigenvalue weighted by atomic mass is 35.5. The van der Waals surface area contributed by atoms with Gasteiger partial charge in [-0.05, 0) is 19.1 Å². The minimum atomic E-state index is 0.581. The maximum absolute atomic E-state index is 5.87. The molecule has 7 heteroatoms. The molecule has 0 aromatic carbocycles. The van der Waals surface area contributed by atoms with Gasteiger partial charge in [-0.15, -0.1) is 0 Å². The first-order valence-electron chi connectivity index (χ1n) is 7.77. The van der Waals surface area contributed by atoms with Gasteiger partial charge in [0.25, 0.3) is 0 Å². The van der Waals surface area contributed by atoms with E-state index in [-0.39, 0.29) is 0 Å². The van der Waals surface area contributed by atoms with Crippen LogP contribution in [0.3, 0.4) is 0 Å². The molecule has 0 unspecified atom stereocenters. The molecule has 0 bridgehead atoms. The van der Waals surface area contributed by atoms with E-state index in [1.54, 1.807) is 18.6 Å². The molecule has 0 aliphatic carbocycles. The molecular formula is C16H20ClN5O. The van der Waals surface area contributed by atoms with Crippen molar-refractivity contribution < 1.29 is 4.74 Å². The van der Waals surface area contributed by atoms with Crippen LogP contribution in [-0.2, 0) is 6.54 Å². The molecule has 0 N–H and O–H groups in total. The zero-order chi connectivity index (χ0) is 16.1. The predicted octanol–water partition coefficient (Wildman–Crippen LogP) is 2.25. The summed E-state index contributed by atoms with van der Waals surface area (Å²) in [4.78, 5) is 17.7. The van der Waals surface area contributed by atoms with E-state index in [2.05, 4.69) is 24.8 Å². The Morgan fingerprint density at radius 3 is 2.65 bits per heavy atom. The van der Waals surface area contributed by atoms with Gasteiger partial charge in [-0.1, -0.05) is 11.6 Å². The van der Waals surface area contributed by atoms with Crippen LogP contribution in [0.5, 0.6) is 5.88 Å². The standard InChI is InChI=1S/C16H20ClN5O/c1-2-23-16-11-18-10-15(20-16)22-7-5-21(6-8-22)12-14-4-3-13(17)9-19-14/h3-4,9-11H,2,5-8,12H2,1H3. The molecule has 2 aromatic rings. The maximum atomic E-state index is 5.87. The lowest BCUT2D eigenvalue weighted by Gasteiger charge is -2.35. The summed E-state index contributed by atoms with van der Waals surface area (Å²) in [6, 6.07) is 3.86. The molecule has 3 rings (SSSR count). The van der Waals surface area contributed by atoms with E-state index in [9.17, 15) is 0 Å². The molecular weight excluding hydrogens is 314 g/mol. The lowest BCUT2D eigenvalue weighted by Crippen LogP contribution is -2.46. The maximum Gasteiger partial charge on any atom is 0.234 e. The minimum absolute atomic E-state index is 0.581. The summed E-state index contributed by atoms with van der Waals surface area (Å²) in [6.45, 7) is 7.14. The number of ether oxygens (including phenoxy) is 1. The summed E-state index contributed by atoms with van der Waals surface area (Å²) >= 11 is 5.87. The quantitative estimate of drug-likeness (QED) is 0.836.